The van der Waals surface area contributed by atoms with Crippen LogP contribution in [-0.4, -0.2) is 71.6 Å². The average molecular weight is 510 g/mol. The standard InChI is InChI=1S/C27H33NO3.C2H2O4/c1-28(21-25(29)22-31-26-17-9-4-10-18-26)19-11-12-20-30-27(23-13-5-2-6-14-23)24-15-7-3-8-16-24;3-1(4)2(5)6/h2-10,13-18,25,27,29H,11-12,19-22H2,1H3;(H,3,4)(H,5,6). The van der Waals surface area contributed by atoms with Crippen molar-refractivity contribution in [3.63, 3.8) is 0 Å². The van der Waals surface area contributed by atoms with Crippen LogP contribution >= 0.6 is 0 Å². The lowest BCUT2D eigenvalue weighted by molar-refractivity contribution is -0.159. The van der Waals surface area contributed by atoms with E-state index >= 15 is 0 Å². The van der Waals surface area contributed by atoms with E-state index in [2.05, 4.69) is 53.4 Å². The third kappa shape index (κ3) is 12.2. The first-order valence-electron chi connectivity index (χ1n) is 12.1. The Hall–Kier alpha value is -3.72. The zero-order chi connectivity index (χ0) is 26.9. The van der Waals surface area contributed by atoms with Crippen molar-refractivity contribution >= 4 is 11.9 Å². The minimum atomic E-state index is -1.82. The second kappa shape index (κ2) is 16.9. The Kier molecular flexibility index (Phi) is 13.4. The van der Waals surface area contributed by atoms with E-state index in [0.29, 0.717) is 19.8 Å². The van der Waals surface area contributed by atoms with Crippen molar-refractivity contribution < 1.29 is 34.4 Å². The molecule has 0 aliphatic heterocycles. The number of aliphatic hydroxyl groups is 1. The van der Waals surface area contributed by atoms with Gasteiger partial charge in [-0.15, -0.1) is 0 Å². The molecule has 0 bridgehead atoms. The highest BCUT2D eigenvalue weighted by Crippen LogP contribution is 2.26. The van der Waals surface area contributed by atoms with Crippen LogP contribution in [0.5, 0.6) is 5.75 Å². The fourth-order valence-corrected chi connectivity index (χ4v) is 3.54. The van der Waals surface area contributed by atoms with Crippen LogP contribution in [0, 0.1) is 0 Å². The largest absolute Gasteiger partial charge is 0.491 e. The predicted molar refractivity (Wildman–Crippen MR) is 141 cm³/mol. The molecule has 0 heterocycles. The fourth-order valence-electron chi connectivity index (χ4n) is 3.54. The van der Waals surface area contributed by atoms with Crippen molar-refractivity contribution in [1.82, 2.24) is 4.90 Å². The molecule has 0 spiro atoms. The Morgan fingerprint density at radius 2 is 1.27 bits per heavy atom. The van der Waals surface area contributed by atoms with Crippen molar-refractivity contribution in [1.29, 1.82) is 0 Å². The zero-order valence-electron chi connectivity index (χ0n) is 21.0. The molecular formula is C29H35NO7. The molecule has 0 fully saturated rings. The summed E-state index contributed by atoms with van der Waals surface area (Å²) in [4.78, 5) is 20.3. The Morgan fingerprint density at radius 3 is 1.76 bits per heavy atom. The van der Waals surface area contributed by atoms with Gasteiger partial charge >= 0.3 is 11.9 Å². The molecule has 8 heteroatoms. The first-order valence-corrected chi connectivity index (χ1v) is 12.1. The smallest absolute Gasteiger partial charge is 0.414 e. The van der Waals surface area contributed by atoms with Gasteiger partial charge in [-0.1, -0.05) is 78.9 Å². The molecule has 0 aliphatic rings. The van der Waals surface area contributed by atoms with Crippen molar-refractivity contribution in [3.05, 3.63) is 102 Å². The molecule has 0 radical (unpaired) electrons. The van der Waals surface area contributed by atoms with E-state index in [0.717, 1.165) is 25.1 Å². The maximum atomic E-state index is 10.2. The lowest BCUT2D eigenvalue weighted by atomic mass is 10.0. The third-order valence-electron chi connectivity index (χ3n) is 5.31. The van der Waals surface area contributed by atoms with Crippen LogP contribution in [-0.2, 0) is 14.3 Å². The van der Waals surface area contributed by atoms with Crippen LogP contribution < -0.4 is 4.74 Å². The number of para-hydroxylation sites is 1. The van der Waals surface area contributed by atoms with Gasteiger partial charge in [0.15, 0.2) is 0 Å². The molecule has 0 amide bonds. The van der Waals surface area contributed by atoms with E-state index in [-0.39, 0.29) is 6.10 Å². The molecule has 37 heavy (non-hydrogen) atoms. The number of aliphatic hydroxyl groups excluding tert-OH is 1. The topological polar surface area (TPSA) is 117 Å². The number of ether oxygens (including phenoxy) is 2. The number of carboxylic acid groups (broad SMARTS) is 2. The van der Waals surface area contributed by atoms with E-state index in [1.807, 2.05) is 49.5 Å². The van der Waals surface area contributed by atoms with Gasteiger partial charge in [0.25, 0.3) is 0 Å². The number of carbonyl (C=O) groups is 2. The summed E-state index contributed by atoms with van der Waals surface area (Å²) < 4.78 is 11.9. The molecule has 3 aromatic rings. The normalized spacial score (nSPS) is 11.5. The van der Waals surface area contributed by atoms with Crippen molar-refractivity contribution in [2.24, 2.45) is 0 Å². The van der Waals surface area contributed by atoms with Crippen LogP contribution in [0.3, 0.4) is 0 Å². The van der Waals surface area contributed by atoms with Gasteiger partial charge in [-0.2, -0.15) is 0 Å². The van der Waals surface area contributed by atoms with Gasteiger partial charge in [0.1, 0.15) is 24.6 Å². The molecule has 3 rings (SSSR count). The van der Waals surface area contributed by atoms with Gasteiger partial charge in [-0.05, 0) is 49.7 Å². The predicted octanol–water partition coefficient (Wildman–Crippen LogP) is 4.10. The van der Waals surface area contributed by atoms with E-state index in [1.165, 1.54) is 11.1 Å². The zero-order valence-corrected chi connectivity index (χ0v) is 21.0. The van der Waals surface area contributed by atoms with Crippen LogP contribution in [0.1, 0.15) is 30.1 Å². The highest BCUT2D eigenvalue weighted by atomic mass is 16.5. The number of hydrogen-bond acceptors (Lipinski definition) is 6. The number of rotatable bonds is 13. The molecule has 198 valence electrons. The van der Waals surface area contributed by atoms with E-state index in [4.69, 9.17) is 29.3 Å². The van der Waals surface area contributed by atoms with Gasteiger partial charge < -0.3 is 29.7 Å². The Bertz CT molecular complexity index is 980. The molecule has 1 atom stereocenters. The van der Waals surface area contributed by atoms with Crippen LogP contribution in [0.4, 0.5) is 0 Å². The monoisotopic (exact) mass is 509 g/mol. The Balaban J connectivity index is 0.000000717. The Morgan fingerprint density at radius 1 is 0.784 bits per heavy atom. The minimum Gasteiger partial charge on any atom is -0.491 e. The SMILES string of the molecule is CN(CCCCOC(c1ccccc1)c1ccccc1)CC(O)COc1ccccc1.O=C(O)C(=O)O. The van der Waals surface area contributed by atoms with E-state index < -0.39 is 18.0 Å². The molecule has 0 saturated heterocycles. The third-order valence-corrected chi connectivity index (χ3v) is 5.31. The number of benzene rings is 3. The van der Waals surface area contributed by atoms with Gasteiger partial charge in [-0.25, -0.2) is 9.59 Å². The molecule has 3 aromatic carbocycles. The maximum absolute atomic E-state index is 10.2. The molecule has 8 nitrogen and oxygen atoms in total. The molecule has 0 saturated carbocycles. The first kappa shape index (κ1) is 29.5. The summed E-state index contributed by atoms with van der Waals surface area (Å²) >= 11 is 0. The quantitative estimate of drug-likeness (QED) is 0.233. The summed E-state index contributed by atoms with van der Waals surface area (Å²) in [7, 11) is 2.03. The fraction of sp³-hybridized carbons (Fsp3) is 0.310. The second-order valence-corrected chi connectivity index (χ2v) is 8.43. The van der Waals surface area contributed by atoms with Crippen LogP contribution in [0.15, 0.2) is 91.0 Å². The van der Waals surface area contributed by atoms with E-state index in [9.17, 15) is 5.11 Å². The summed E-state index contributed by atoms with van der Waals surface area (Å²) in [5.41, 5.74) is 2.35. The lowest BCUT2D eigenvalue weighted by Gasteiger charge is -2.21. The van der Waals surface area contributed by atoms with Gasteiger partial charge in [0.05, 0.1) is 0 Å². The number of carboxylic acids is 2. The summed E-state index contributed by atoms with van der Waals surface area (Å²) in [6.07, 6.45) is 1.43. The summed E-state index contributed by atoms with van der Waals surface area (Å²) in [5, 5.41) is 25.0. The summed E-state index contributed by atoms with van der Waals surface area (Å²) in [6.45, 7) is 2.49. The lowest BCUT2D eigenvalue weighted by Crippen LogP contribution is -2.33. The van der Waals surface area contributed by atoms with Crippen LogP contribution in [0.2, 0.25) is 0 Å². The van der Waals surface area contributed by atoms with Gasteiger partial charge in [0, 0.05) is 13.2 Å². The molecule has 3 N–H and O–H groups in total. The van der Waals surface area contributed by atoms with Crippen molar-refractivity contribution in [2.75, 3.05) is 33.4 Å². The van der Waals surface area contributed by atoms with E-state index in [1.54, 1.807) is 0 Å². The maximum Gasteiger partial charge on any atom is 0.414 e. The molecular weight excluding hydrogens is 474 g/mol. The minimum absolute atomic E-state index is 0.0444. The number of likely N-dealkylation sites (N-methyl/N-ethyl adjacent to an activating group) is 1. The second-order valence-electron chi connectivity index (χ2n) is 8.43. The van der Waals surface area contributed by atoms with Gasteiger partial charge in [-0.3, -0.25) is 0 Å². The van der Waals surface area contributed by atoms with Gasteiger partial charge in [0.2, 0.25) is 0 Å². The van der Waals surface area contributed by atoms with Crippen molar-refractivity contribution in [2.45, 2.75) is 25.0 Å². The molecule has 0 aliphatic carbocycles. The number of hydrogen-bond donors (Lipinski definition) is 3. The first-order chi connectivity index (χ1) is 17.9. The number of aliphatic carboxylic acids is 2. The Labute approximate surface area is 217 Å². The molecule has 1 unspecified atom stereocenters. The highest BCUT2D eigenvalue weighted by molar-refractivity contribution is 6.27. The van der Waals surface area contributed by atoms with Crippen molar-refractivity contribution in [3.8, 4) is 5.75 Å². The number of nitrogens with zero attached hydrogens (tertiary/aromatic N) is 1. The highest BCUT2D eigenvalue weighted by Gasteiger charge is 2.14. The molecule has 0 aromatic heterocycles. The van der Waals surface area contributed by atoms with Crippen LogP contribution in [0.25, 0.3) is 0 Å². The number of unbranched alkanes of at least 4 members (excludes halogenated alkanes) is 1. The summed E-state index contributed by atoms with van der Waals surface area (Å²) in [6, 6.07) is 30.3. The average Bonchev–Trinajstić information content (AvgIpc) is 2.91. The summed E-state index contributed by atoms with van der Waals surface area (Å²) in [5.74, 6) is -2.86.